The van der Waals surface area contributed by atoms with Gasteiger partial charge in [-0.15, -0.1) is 0 Å². The maximum absolute atomic E-state index is 12.3. The monoisotopic (exact) mass is 378 g/mol. The molecule has 0 unspecified atom stereocenters. The lowest BCUT2D eigenvalue weighted by molar-refractivity contribution is 0.100. The standard InChI is InChI=1S/C19H22N8O/c1-11(2)19(3,17(20)27-16(28)13-8-25-26-9-13)14-4-5-15(22-10-14)12-6-23-18(21)24-7-12/h4-11H,1-3H3,(H,25,26)(H2,20,27,28)(H2,21,23,24)/t19-/m1/s1. The summed E-state index contributed by atoms with van der Waals surface area (Å²) in [5.41, 5.74) is 13.8. The summed E-state index contributed by atoms with van der Waals surface area (Å²) < 4.78 is 0. The third kappa shape index (κ3) is 3.59. The van der Waals surface area contributed by atoms with Crippen LogP contribution in [0.4, 0.5) is 5.95 Å². The van der Waals surface area contributed by atoms with Gasteiger partial charge in [0.25, 0.3) is 5.91 Å². The van der Waals surface area contributed by atoms with Gasteiger partial charge >= 0.3 is 0 Å². The number of aromatic nitrogens is 5. The Labute approximate surface area is 162 Å². The quantitative estimate of drug-likeness (QED) is 0.454. The normalized spacial score (nSPS) is 14.1. The van der Waals surface area contributed by atoms with Gasteiger partial charge in [0.1, 0.15) is 5.84 Å². The van der Waals surface area contributed by atoms with Gasteiger partial charge in [-0.1, -0.05) is 19.9 Å². The van der Waals surface area contributed by atoms with E-state index in [0.717, 1.165) is 11.1 Å². The SMILES string of the molecule is CC(C)[C@@](C)(C(N)=NC(=O)c1cn[nH]c1)c1ccc(-c2cnc(N)nc2)nc1. The molecule has 28 heavy (non-hydrogen) atoms. The van der Waals surface area contributed by atoms with Crippen molar-refractivity contribution in [1.82, 2.24) is 25.1 Å². The number of rotatable bonds is 5. The number of anilines is 1. The second-order valence-corrected chi connectivity index (χ2v) is 6.91. The number of hydrogen-bond donors (Lipinski definition) is 3. The van der Waals surface area contributed by atoms with Crippen LogP contribution < -0.4 is 11.5 Å². The molecular weight excluding hydrogens is 356 g/mol. The number of aliphatic imine (C=N–C) groups is 1. The van der Waals surface area contributed by atoms with Crippen molar-refractivity contribution in [2.24, 2.45) is 16.6 Å². The number of H-pyrrole nitrogens is 1. The van der Waals surface area contributed by atoms with Gasteiger partial charge in [0.05, 0.1) is 22.9 Å². The molecule has 0 fully saturated rings. The molecule has 0 aliphatic heterocycles. The predicted molar refractivity (Wildman–Crippen MR) is 106 cm³/mol. The third-order valence-electron chi connectivity index (χ3n) is 4.98. The Hall–Kier alpha value is -3.62. The fourth-order valence-electron chi connectivity index (χ4n) is 2.78. The number of carbonyl (C=O) groups excluding carboxylic acids is 1. The van der Waals surface area contributed by atoms with Crippen LogP contribution in [0, 0.1) is 5.92 Å². The van der Waals surface area contributed by atoms with Crippen LogP contribution in [0.25, 0.3) is 11.3 Å². The molecule has 9 heteroatoms. The number of nitrogens with two attached hydrogens (primary N) is 2. The van der Waals surface area contributed by atoms with Gasteiger partial charge in [0.2, 0.25) is 5.95 Å². The van der Waals surface area contributed by atoms with E-state index in [4.69, 9.17) is 11.5 Å². The Kier molecular flexibility index (Phi) is 5.16. The van der Waals surface area contributed by atoms with Crippen LogP contribution >= 0.6 is 0 Å². The number of pyridine rings is 1. The molecule has 3 rings (SSSR count). The molecule has 9 nitrogen and oxygen atoms in total. The first kappa shape index (κ1) is 19.2. The van der Waals surface area contributed by atoms with Crippen LogP contribution in [0.2, 0.25) is 0 Å². The molecule has 0 spiro atoms. The zero-order valence-corrected chi connectivity index (χ0v) is 15.9. The summed E-state index contributed by atoms with van der Waals surface area (Å²) in [6.07, 6.45) is 7.86. The lowest BCUT2D eigenvalue weighted by Crippen LogP contribution is -2.43. The number of amidine groups is 1. The Bertz CT molecular complexity index is 978. The smallest absolute Gasteiger partial charge is 0.281 e. The molecule has 0 bridgehead atoms. The fraction of sp³-hybridized carbons (Fsp3) is 0.263. The molecule has 0 radical (unpaired) electrons. The summed E-state index contributed by atoms with van der Waals surface area (Å²) in [6.45, 7) is 5.99. The van der Waals surface area contributed by atoms with Gasteiger partial charge in [-0.05, 0) is 24.5 Å². The van der Waals surface area contributed by atoms with Crippen molar-refractivity contribution in [3.8, 4) is 11.3 Å². The Morgan fingerprint density at radius 3 is 2.39 bits per heavy atom. The van der Waals surface area contributed by atoms with E-state index in [0.29, 0.717) is 11.3 Å². The molecule has 1 amide bonds. The summed E-state index contributed by atoms with van der Waals surface area (Å²) in [5.74, 6) is 0.0562. The number of nitrogen functional groups attached to an aromatic ring is 1. The fourth-order valence-corrected chi connectivity index (χ4v) is 2.78. The molecule has 1 atom stereocenters. The Morgan fingerprint density at radius 2 is 1.86 bits per heavy atom. The van der Waals surface area contributed by atoms with Crippen LogP contribution in [-0.4, -0.2) is 36.9 Å². The number of nitrogens with one attached hydrogen (secondary N) is 1. The maximum atomic E-state index is 12.3. The second-order valence-electron chi connectivity index (χ2n) is 6.91. The minimum Gasteiger partial charge on any atom is -0.386 e. The highest BCUT2D eigenvalue weighted by molar-refractivity contribution is 6.05. The van der Waals surface area contributed by atoms with Crippen LogP contribution in [0.5, 0.6) is 0 Å². The van der Waals surface area contributed by atoms with Crippen molar-refractivity contribution in [3.63, 3.8) is 0 Å². The molecule has 0 aliphatic carbocycles. The molecule has 0 aromatic carbocycles. The summed E-state index contributed by atoms with van der Waals surface area (Å²) in [6, 6.07) is 3.78. The first-order chi connectivity index (χ1) is 13.3. The van der Waals surface area contributed by atoms with Gasteiger partial charge in [-0.3, -0.25) is 14.9 Å². The zero-order chi connectivity index (χ0) is 20.3. The molecule has 0 saturated carbocycles. The third-order valence-corrected chi connectivity index (χ3v) is 4.98. The van der Waals surface area contributed by atoms with E-state index in [1.165, 1.54) is 12.4 Å². The van der Waals surface area contributed by atoms with Gasteiger partial charge in [0.15, 0.2) is 0 Å². The summed E-state index contributed by atoms with van der Waals surface area (Å²) in [5, 5.41) is 6.36. The van der Waals surface area contributed by atoms with Crippen molar-refractivity contribution in [2.75, 3.05) is 5.73 Å². The van der Waals surface area contributed by atoms with Gasteiger partial charge in [-0.2, -0.15) is 10.1 Å². The van der Waals surface area contributed by atoms with Crippen molar-refractivity contribution in [2.45, 2.75) is 26.2 Å². The van der Waals surface area contributed by atoms with E-state index >= 15 is 0 Å². The summed E-state index contributed by atoms with van der Waals surface area (Å²) >= 11 is 0. The van der Waals surface area contributed by atoms with Crippen molar-refractivity contribution in [1.29, 1.82) is 0 Å². The topological polar surface area (TPSA) is 149 Å². The second kappa shape index (κ2) is 7.55. The number of hydrogen-bond acceptors (Lipinski definition) is 6. The Morgan fingerprint density at radius 1 is 1.14 bits per heavy atom. The highest BCUT2D eigenvalue weighted by atomic mass is 16.1. The minimum atomic E-state index is -0.678. The van der Waals surface area contributed by atoms with Crippen molar-refractivity contribution >= 4 is 17.7 Å². The average molecular weight is 378 g/mol. The zero-order valence-electron chi connectivity index (χ0n) is 15.9. The lowest BCUT2D eigenvalue weighted by Gasteiger charge is -2.33. The Balaban J connectivity index is 1.94. The largest absolute Gasteiger partial charge is 0.386 e. The highest BCUT2D eigenvalue weighted by Gasteiger charge is 2.36. The molecule has 3 aromatic heterocycles. The van der Waals surface area contributed by atoms with Crippen LogP contribution in [0.1, 0.15) is 36.7 Å². The minimum absolute atomic E-state index is 0.0703. The van der Waals surface area contributed by atoms with Gasteiger partial charge in [0, 0.05) is 30.4 Å². The molecule has 0 aliphatic rings. The van der Waals surface area contributed by atoms with Crippen LogP contribution in [-0.2, 0) is 5.41 Å². The van der Waals surface area contributed by atoms with E-state index in [1.54, 1.807) is 18.6 Å². The van der Waals surface area contributed by atoms with Crippen molar-refractivity contribution in [3.05, 3.63) is 54.2 Å². The predicted octanol–water partition coefficient (Wildman–Crippen LogP) is 1.96. The van der Waals surface area contributed by atoms with E-state index in [-0.39, 0.29) is 17.7 Å². The average Bonchev–Trinajstić information content (AvgIpc) is 3.23. The highest BCUT2D eigenvalue weighted by Crippen LogP contribution is 2.33. The lowest BCUT2D eigenvalue weighted by atomic mass is 9.73. The van der Waals surface area contributed by atoms with E-state index in [2.05, 4.69) is 30.1 Å². The first-order valence-electron chi connectivity index (χ1n) is 8.74. The van der Waals surface area contributed by atoms with E-state index in [9.17, 15) is 4.79 Å². The molecule has 144 valence electrons. The molecule has 0 saturated heterocycles. The van der Waals surface area contributed by atoms with Gasteiger partial charge < -0.3 is 11.5 Å². The summed E-state index contributed by atoms with van der Waals surface area (Å²) in [4.78, 5) is 28.9. The van der Waals surface area contributed by atoms with E-state index < -0.39 is 11.3 Å². The summed E-state index contributed by atoms with van der Waals surface area (Å²) in [7, 11) is 0. The number of amides is 1. The van der Waals surface area contributed by atoms with Crippen molar-refractivity contribution < 1.29 is 4.79 Å². The van der Waals surface area contributed by atoms with E-state index in [1.807, 2.05) is 32.9 Å². The van der Waals surface area contributed by atoms with Gasteiger partial charge in [-0.25, -0.2) is 9.97 Å². The number of carbonyl (C=O) groups is 1. The molecule has 3 aromatic rings. The maximum Gasteiger partial charge on any atom is 0.281 e. The number of aromatic amines is 1. The first-order valence-corrected chi connectivity index (χ1v) is 8.74. The molecular formula is C19H22N8O. The molecule has 3 heterocycles. The molecule has 5 N–H and O–H groups in total. The van der Waals surface area contributed by atoms with Crippen LogP contribution in [0.3, 0.4) is 0 Å². The van der Waals surface area contributed by atoms with Crippen LogP contribution in [0.15, 0.2) is 48.1 Å². The number of nitrogens with zero attached hydrogens (tertiary/aromatic N) is 5.